The second-order valence-corrected chi connectivity index (χ2v) is 7.12. The van der Waals surface area contributed by atoms with Crippen LogP contribution >= 0.6 is 0 Å². The number of nitrogens with zero attached hydrogens (tertiary/aromatic N) is 2. The summed E-state index contributed by atoms with van der Waals surface area (Å²) < 4.78 is 14.0. The first kappa shape index (κ1) is 18.9. The van der Waals surface area contributed by atoms with Crippen LogP contribution in [0.5, 0.6) is 5.75 Å². The molecule has 1 heterocycles. The predicted molar refractivity (Wildman–Crippen MR) is 103 cm³/mol. The van der Waals surface area contributed by atoms with Crippen LogP contribution in [-0.2, 0) is 4.79 Å². The van der Waals surface area contributed by atoms with Gasteiger partial charge in [-0.1, -0.05) is 20.8 Å². The van der Waals surface area contributed by atoms with Gasteiger partial charge in [0.05, 0.1) is 11.4 Å². The number of phenolic OH excluding ortho intramolecular Hbond substituents is 1. The highest BCUT2D eigenvalue weighted by Crippen LogP contribution is 2.39. The van der Waals surface area contributed by atoms with Crippen molar-refractivity contribution >= 4 is 23.2 Å². The fourth-order valence-corrected chi connectivity index (χ4v) is 3.40. The van der Waals surface area contributed by atoms with E-state index in [2.05, 4.69) is 0 Å². The predicted octanol–water partition coefficient (Wildman–Crippen LogP) is 3.96. The molecule has 0 spiro atoms. The van der Waals surface area contributed by atoms with Crippen LogP contribution in [0.1, 0.15) is 37.6 Å². The molecular weight excluding hydrogens is 347 g/mol. The fraction of sp³-hybridized carbons (Fsp3) is 0.333. The van der Waals surface area contributed by atoms with Gasteiger partial charge >= 0.3 is 0 Å². The largest absolute Gasteiger partial charge is 0.508 e. The SMILES string of the molecule is CC[C@@H]1C(=O)N(CC(C)C)c2ccc(F)cc2N1C(=O)c1ccc(O)cc1. The Bertz CT molecular complexity index is 864. The first-order valence-corrected chi connectivity index (χ1v) is 9.07. The molecule has 1 aliphatic rings. The first-order chi connectivity index (χ1) is 12.8. The lowest BCUT2D eigenvalue weighted by molar-refractivity contribution is -0.120. The molecule has 3 rings (SSSR count). The first-order valence-electron chi connectivity index (χ1n) is 9.07. The number of carbonyl (C=O) groups excluding carboxylic acids is 2. The maximum atomic E-state index is 14.0. The molecule has 0 saturated heterocycles. The summed E-state index contributed by atoms with van der Waals surface area (Å²) in [4.78, 5) is 29.3. The van der Waals surface area contributed by atoms with Crippen LogP contribution in [-0.4, -0.2) is 29.5 Å². The number of hydrogen-bond donors (Lipinski definition) is 1. The van der Waals surface area contributed by atoms with Crippen molar-refractivity contribution in [3.05, 3.63) is 53.8 Å². The molecule has 2 amide bonds. The van der Waals surface area contributed by atoms with Gasteiger partial charge in [-0.15, -0.1) is 0 Å². The standard InChI is InChI=1S/C21H23FN2O3/c1-4-17-21(27)23(12-13(2)3)18-10-7-15(22)11-19(18)24(17)20(26)14-5-8-16(25)9-6-14/h5-11,13,17,25H,4,12H2,1-3H3/t17-/m1/s1. The molecule has 0 fully saturated rings. The Hall–Kier alpha value is -2.89. The molecule has 5 nitrogen and oxygen atoms in total. The molecule has 0 radical (unpaired) electrons. The summed E-state index contributed by atoms with van der Waals surface area (Å²) in [5, 5.41) is 9.47. The van der Waals surface area contributed by atoms with Crippen LogP contribution in [0.3, 0.4) is 0 Å². The van der Waals surface area contributed by atoms with E-state index >= 15 is 0 Å². The van der Waals surface area contributed by atoms with Crippen molar-refractivity contribution in [3.8, 4) is 5.75 Å². The van der Waals surface area contributed by atoms with Gasteiger partial charge in [0.1, 0.15) is 17.6 Å². The van der Waals surface area contributed by atoms with Gasteiger partial charge in [0.15, 0.2) is 0 Å². The molecule has 2 aromatic carbocycles. The van der Waals surface area contributed by atoms with Gasteiger partial charge in [0, 0.05) is 12.1 Å². The zero-order valence-electron chi connectivity index (χ0n) is 15.6. The molecule has 1 aliphatic heterocycles. The van der Waals surface area contributed by atoms with Gasteiger partial charge in [-0.3, -0.25) is 14.5 Å². The zero-order chi connectivity index (χ0) is 19.7. The highest BCUT2D eigenvalue weighted by molar-refractivity contribution is 6.17. The van der Waals surface area contributed by atoms with Gasteiger partial charge in [-0.05, 0) is 54.8 Å². The number of hydrogen-bond acceptors (Lipinski definition) is 3. The van der Waals surface area contributed by atoms with Gasteiger partial charge in [0.25, 0.3) is 5.91 Å². The van der Waals surface area contributed by atoms with E-state index in [4.69, 9.17) is 0 Å². The summed E-state index contributed by atoms with van der Waals surface area (Å²) >= 11 is 0. The third-order valence-electron chi connectivity index (χ3n) is 4.62. The van der Waals surface area contributed by atoms with Crippen molar-refractivity contribution in [1.29, 1.82) is 0 Å². The average Bonchev–Trinajstić information content (AvgIpc) is 2.63. The van der Waals surface area contributed by atoms with Crippen molar-refractivity contribution in [2.45, 2.75) is 33.2 Å². The molecule has 2 aromatic rings. The summed E-state index contributed by atoms with van der Waals surface area (Å²) in [7, 11) is 0. The van der Waals surface area contributed by atoms with E-state index in [1.807, 2.05) is 20.8 Å². The number of anilines is 2. The van der Waals surface area contributed by atoms with E-state index in [-0.39, 0.29) is 17.6 Å². The lowest BCUT2D eigenvalue weighted by atomic mass is 10.0. The van der Waals surface area contributed by atoms with Gasteiger partial charge in [0.2, 0.25) is 5.91 Å². The minimum absolute atomic E-state index is 0.0443. The lowest BCUT2D eigenvalue weighted by Crippen LogP contribution is -2.56. The summed E-state index contributed by atoms with van der Waals surface area (Å²) in [6.45, 7) is 6.34. The summed E-state index contributed by atoms with van der Waals surface area (Å²) in [5.41, 5.74) is 1.25. The Morgan fingerprint density at radius 2 is 1.81 bits per heavy atom. The van der Waals surface area contributed by atoms with E-state index < -0.39 is 17.8 Å². The maximum absolute atomic E-state index is 14.0. The van der Waals surface area contributed by atoms with Crippen molar-refractivity contribution in [3.63, 3.8) is 0 Å². The Morgan fingerprint density at radius 1 is 1.15 bits per heavy atom. The van der Waals surface area contributed by atoms with Crippen LogP contribution < -0.4 is 9.80 Å². The molecule has 1 atom stereocenters. The molecule has 1 N–H and O–H groups in total. The van der Waals surface area contributed by atoms with E-state index in [9.17, 15) is 19.1 Å². The Morgan fingerprint density at radius 3 is 2.41 bits per heavy atom. The number of amides is 2. The summed E-state index contributed by atoms with van der Waals surface area (Å²) in [6, 6.07) is 9.26. The molecule has 0 unspecified atom stereocenters. The topological polar surface area (TPSA) is 60.9 Å². The van der Waals surface area contributed by atoms with Gasteiger partial charge < -0.3 is 10.0 Å². The molecule has 142 valence electrons. The fourth-order valence-electron chi connectivity index (χ4n) is 3.40. The zero-order valence-corrected chi connectivity index (χ0v) is 15.6. The number of rotatable bonds is 4. The second-order valence-electron chi connectivity index (χ2n) is 7.12. The molecule has 6 heteroatoms. The Kier molecular flexibility index (Phi) is 5.17. The van der Waals surface area contributed by atoms with Crippen molar-refractivity contribution in [2.24, 2.45) is 5.92 Å². The monoisotopic (exact) mass is 370 g/mol. The average molecular weight is 370 g/mol. The van der Waals surface area contributed by atoms with Crippen LogP contribution in [0, 0.1) is 11.7 Å². The number of fused-ring (bicyclic) bond motifs is 1. The highest BCUT2D eigenvalue weighted by atomic mass is 19.1. The molecule has 0 bridgehead atoms. The molecular formula is C21H23FN2O3. The van der Waals surface area contributed by atoms with Crippen molar-refractivity contribution in [1.82, 2.24) is 0 Å². The maximum Gasteiger partial charge on any atom is 0.259 e. The molecule has 0 aliphatic carbocycles. The minimum Gasteiger partial charge on any atom is -0.508 e. The van der Waals surface area contributed by atoms with Crippen molar-refractivity contribution < 1.29 is 19.1 Å². The quantitative estimate of drug-likeness (QED) is 0.886. The van der Waals surface area contributed by atoms with Crippen LogP contribution in [0.4, 0.5) is 15.8 Å². The molecule has 0 saturated carbocycles. The van der Waals surface area contributed by atoms with E-state index in [1.165, 1.54) is 41.3 Å². The summed E-state index contributed by atoms with van der Waals surface area (Å²) in [5.74, 6) is -0.763. The third kappa shape index (κ3) is 3.52. The summed E-state index contributed by atoms with van der Waals surface area (Å²) in [6.07, 6.45) is 0.410. The van der Waals surface area contributed by atoms with Crippen LogP contribution in [0.15, 0.2) is 42.5 Å². The normalized spacial score (nSPS) is 16.6. The van der Waals surface area contributed by atoms with Crippen molar-refractivity contribution in [2.75, 3.05) is 16.3 Å². The number of halogens is 1. The number of aromatic hydroxyl groups is 1. The van der Waals surface area contributed by atoms with Crippen LogP contribution in [0.2, 0.25) is 0 Å². The number of phenols is 1. The van der Waals surface area contributed by atoms with Gasteiger partial charge in [-0.2, -0.15) is 0 Å². The third-order valence-corrected chi connectivity index (χ3v) is 4.62. The molecule has 0 aromatic heterocycles. The van der Waals surface area contributed by atoms with Crippen LogP contribution in [0.25, 0.3) is 0 Å². The second kappa shape index (κ2) is 7.39. The smallest absolute Gasteiger partial charge is 0.259 e. The van der Waals surface area contributed by atoms with Gasteiger partial charge in [-0.25, -0.2) is 4.39 Å². The Labute approximate surface area is 158 Å². The molecule has 27 heavy (non-hydrogen) atoms. The van der Waals surface area contributed by atoms with E-state index in [0.29, 0.717) is 29.9 Å². The number of benzene rings is 2. The minimum atomic E-state index is -0.709. The van der Waals surface area contributed by atoms with E-state index in [1.54, 1.807) is 11.0 Å². The number of carbonyl (C=O) groups is 2. The lowest BCUT2D eigenvalue weighted by Gasteiger charge is -2.42. The Balaban J connectivity index is 2.13. The highest BCUT2D eigenvalue weighted by Gasteiger charge is 2.40. The van der Waals surface area contributed by atoms with E-state index in [0.717, 1.165) is 0 Å².